The Hall–Kier alpha value is -1.56. The zero-order valence-electron chi connectivity index (χ0n) is 8.95. The minimum Gasteiger partial charge on any atom is -0.103 e. The average molecular weight is 196 g/mol. The predicted octanol–water partition coefficient (Wildman–Crippen LogP) is 4.15. The molecule has 15 heavy (non-hydrogen) atoms. The van der Waals surface area contributed by atoms with Crippen molar-refractivity contribution in [2.45, 2.75) is 19.3 Å². The van der Waals surface area contributed by atoms with Gasteiger partial charge in [0.2, 0.25) is 0 Å². The van der Waals surface area contributed by atoms with Gasteiger partial charge in [0.25, 0.3) is 0 Å². The Morgan fingerprint density at radius 2 is 2.13 bits per heavy atom. The Kier molecular flexibility index (Phi) is 3.18. The van der Waals surface area contributed by atoms with E-state index < -0.39 is 0 Å². The van der Waals surface area contributed by atoms with Crippen molar-refractivity contribution in [1.82, 2.24) is 0 Å². The largest absolute Gasteiger partial charge is 0.103 e. The minimum atomic E-state index is 1.05. The monoisotopic (exact) mass is 196 g/mol. The molecule has 1 aromatic rings. The molecular formula is C15H16. The number of fused-ring (bicyclic) bond motifs is 1. The molecule has 1 aliphatic rings. The molecule has 0 saturated carbocycles. The summed E-state index contributed by atoms with van der Waals surface area (Å²) in [6.07, 6.45) is 11.8. The molecule has 2 rings (SSSR count). The highest BCUT2D eigenvalue weighted by Crippen LogP contribution is 2.26. The van der Waals surface area contributed by atoms with Crippen LogP contribution in [0.15, 0.2) is 55.1 Å². The predicted molar refractivity (Wildman–Crippen MR) is 66.7 cm³/mol. The lowest BCUT2D eigenvalue weighted by Crippen LogP contribution is -1.90. The summed E-state index contributed by atoms with van der Waals surface area (Å²) in [5.41, 5.74) is 4.27. The van der Waals surface area contributed by atoms with Crippen molar-refractivity contribution in [3.05, 3.63) is 66.3 Å². The van der Waals surface area contributed by atoms with E-state index in [1.54, 1.807) is 0 Å². The van der Waals surface area contributed by atoms with Gasteiger partial charge in [0.05, 0.1) is 0 Å². The van der Waals surface area contributed by atoms with Crippen molar-refractivity contribution in [1.29, 1.82) is 0 Å². The summed E-state index contributed by atoms with van der Waals surface area (Å²) in [5, 5.41) is 0. The molecule has 0 N–H and O–H groups in total. The molecule has 0 aromatic heterocycles. The van der Waals surface area contributed by atoms with E-state index in [0.717, 1.165) is 19.3 Å². The maximum absolute atomic E-state index is 3.78. The Morgan fingerprint density at radius 3 is 3.00 bits per heavy atom. The van der Waals surface area contributed by atoms with E-state index in [1.165, 1.54) is 16.7 Å². The van der Waals surface area contributed by atoms with Crippen LogP contribution in [-0.2, 0) is 6.42 Å². The zero-order chi connectivity index (χ0) is 10.5. The van der Waals surface area contributed by atoms with Crippen molar-refractivity contribution in [2.24, 2.45) is 0 Å². The summed E-state index contributed by atoms with van der Waals surface area (Å²) in [7, 11) is 0. The molecule has 0 atom stereocenters. The summed E-state index contributed by atoms with van der Waals surface area (Å²) in [5.74, 6) is 0. The first-order valence-electron chi connectivity index (χ1n) is 5.46. The fraction of sp³-hybridized carbons (Fsp3) is 0.200. The molecule has 0 amide bonds. The maximum atomic E-state index is 3.78. The molecule has 0 saturated heterocycles. The van der Waals surface area contributed by atoms with Crippen LogP contribution in [0, 0.1) is 0 Å². The van der Waals surface area contributed by atoms with E-state index in [0.29, 0.717) is 0 Å². The molecule has 0 aliphatic heterocycles. The van der Waals surface area contributed by atoms with Crippen LogP contribution >= 0.6 is 0 Å². The van der Waals surface area contributed by atoms with Gasteiger partial charge in [-0.3, -0.25) is 0 Å². The molecule has 0 nitrogen and oxygen atoms in total. The number of benzene rings is 1. The van der Waals surface area contributed by atoms with Crippen LogP contribution in [0.3, 0.4) is 0 Å². The molecule has 0 bridgehead atoms. The highest BCUT2D eigenvalue weighted by Gasteiger charge is 2.06. The smallest absolute Gasteiger partial charge is 0.00883 e. The van der Waals surface area contributed by atoms with Gasteiger partial charge >= 0.3 is 0 Å². The van der Waals surface area contributed by atoms with E-state index >= 15 is 0 Å². The number of rotatable bonds is 3. The summed E-state index contributed by atoms with van der Waals surface area (Å²) >= 11 is 0. The van der Waals surface area contributed by atoms with E-state index in [2.05, 4.69) is 49.1 Å². The molecule has 0 radical (unpaired) electrons. The SMILES string of the molecule is C=CCCC1=CC=CCc2ccccc21. The van der Waals surface area contributed by atoms with Crippen molar-refractivity contribution >= 4 is 5.57 Å². The number of hydrogen-bond donors (Lipinski definition) is 0. The van der Waals surface area contributed by atoms with Gasteiger partial charge in [-0.15, -0.1) is 6.58 Å². The van der Waals surface area contributed by atoms with E-state index in [1.807, 2.05) is 6.08 Å². The van der Waals surface area contributed by atoms with Gasteiger partial charge in [0.1, 0.15) is 0 Å². The Balaban J connectivity index is 2.34. The average Bonchev–Trinajstić information content (AvgIpc) is 2.49. The van der Waals surface area contributed by atoms with Crippen molar-refractivity contribution in [3.8, 4) is 0 Å². The molecule has 1 aliphatic carbocycles. The van der Waals surface area contributed by atoms with Crippen LogP contribution in [0.5, 0.6) is 0 Å². The fourth-order valence-electron chi connectivity index (χ4n) is 1.96. The van der Waals surface area contributed by atoms with Gasteiger partial charge in [0.15, 0.2) is 0 Å². The summed E-state index contributed by atoms with van der Waals surface area (Å²) in [6.45, 7) is 3.78. The standard InChI is InChI=1S/C15H16/c1-2-3-8-13-9-4-5-10-14-11-6-7-12-15(13)14/h2,4-7,9,11-12H,1,3,8,10H2. The Morgan fingerprint density at radius 1 is 1.27 bits per heavy atom. The highest BCUT2D eigenvalue weighted by atomic mass is 14.1. The Labute approximate surface area is 91.6 Å². The van der Waals surface area contributed by atoms with Gasteiger partial charge < -0.3 is 0 Å². The topological polar surface area (TPSA) is 0 Å². The molecule has 1 aromatic carbocycles. The van der Waals surface area contributed by atoms with Crippen LogP contribution in [0.2, 0.25) is 0 Å². The Bertz CT molecular complexity index is 408. The molecule has 0 spiro atoms. The van der Waals surface area contributed by atoms with Gasteiger partial charge in [-0.25, -0.2) is 0 Å². The van der Waals surface area contributed by atoms with Crippen molar-refractivity contribution in [3.63, 3.8) is 0 Å². The normalized spacial score (nSPS) is 14.0. The molecule has 0 unspecified atom stereocenters. The van der Waals surface area contributed by atoms with Crippen LogP contribution in [0.4, 0.5) is 0 Å². The lowest BCUT2D eigenvalue weighted by Gasteiger charge is -2.09. The second-order valence-electron chi connectivity index (χ2n) is 3.81. The first-order chi connectivity index (χ1) is 7.42. The zero-order valence-corrected chi connectivity index (χ0v) is 8.95. The number of hydrogen-bond acceptors (Lipinski definition) is 0. The molecule has 0 heteroatoms. The lowest BCUT2D eigenvalue weighted by atomic mass is 9.96. The molecule has 0 heterocycles. The molecule has 76 valence electrons. The third-order valence-electron chi connectivity index (χ3n) is 2.75. The van der Waals surface area contributed by atoms with Gasteiger partial charge in [0, 0.05) is 0 Å². The van der Waals surface area contributed by atoms with Crippen LogP contribution in [-0.4, -0.2) is 0 Å². The second-order valence-corrected chi connectivity index (χ2v) is 3.81. The third-order valence-corrected chi connectivity index (χ3v) is 2.75. The van der Waals surface area contributed by atoms with Gasteiger partial charge in [-0.2, -0.15) is 0 Å². The molecule has 0 fully saturated rings. The van der Waals surface area contributed by atoms with Crippen LogP contribution < -0.4 is 0 Å². The quantitative estimate of drug-likeness (QED) is 0.637. The minimum absolute atomic E-state index is 1.05. The van der Waals surface area contributed by atoms with Crippen LogP contribution in [0.1, 0.15) is 24.0 Å². The highest BCUT2D eigenvalue weighted by molar-refractivity contribution is 5.70. The fourth-order valence-corrected chi connectivity index (χ4v) is 1.96. The van der Waals surface area contributed by atoms with E-state index in [-0.39, 0.29) is 0 Å². The van der Waals surface area contributed by atoms with Gasteiger partial charge in [-0.1, -0.05) is 48.6 Å². The summed E-state index contributed by atoms with van der Waals surface area (Å²) in [6, 6.07) is 8.67. The summed E-state index contributed by atoms with van der Waals surface area (Å²) in [4.78, 5) is 0. The van der Waals surface area contributed by atoms with Crippen LogP contribution in [0.25, 0.3) is 5.57 Å². The number of allylic oxidation sites excluding steroid dienone is 5. The third kappa shape index (κ3) is 2.27. The van der Waals surface area contributed by atoms with Crippen molar-refractivity contribution in [2.75, 3.05) is 0 Å². The van der Waals surface area contributed by atoms with Gasteiger partial charge in [-0.05, 0) is 36.0 Å². The van der Waals surface area contributed by atoms with E-state index in [9.17, 15) is 0 Å². The first kappa shape index (κ1) is 9.97. The molecular weight excluding hydrogens is 180 g/mol. The lowest BCUT2D eigenvalue weighted by molar-refractivity contribution is 1.07. The second kappa shape index (κ2) is 4.79. The van der Waals surface area contributed by atoms with Crippen molar-refractivity contribution < 1.29 is 0 Å². The summed E-state index contributed by atoms with van der Waals surface area (Å²) < 4.78 is 0. The van der Waals surface area contributed by atoms with E-state index in [4.69, 9.17) is 0 Å². The maximum Gasteiger partial charge on any atom is -0.00883 e. The first-order valence-corrected chi connectivity index (χ1v) is 5.46.